The molecule has 4 N–H and O–H groups in total. The van der Waals surface area contributed by atoms with Gasteiger partial charge in [-0.1, -0.05) is 12.1 Å². The van der Waals surface area contributed by atoms with Crippen LogP contribution in [0.25, 0.3) is 0 Å². The number of carbonyl (C=O) groups is 2. The molecule has 8 heteroatoms. The third-order valence-corrected chi connectivity index (χ3v) is 2.13. The number of nitro groups is 1. The molecule has 0 aliphatic rings. The molecule has 0 saturated heterocycles. The molecule has 1 unspecified atom stereocenters. The average molecular weight is 253 g/mol. The summed E-state index contributed by atoms with van der Waals surface area (Å²) in [6.45, 7) is -0.403. The minimum Gasteiger partial charge on any atom is -0.381 e. The van der Waals surface area contributed by atoms with E-state index in [-0.39, 0.29) is 11.3 Å². The van der Waals surface area contributed by atoms with E-state index in [9.17, 15) is 19.7 Å². The van der Waals surface area contributed by atoms with Crippen molar-refractivity contribution in [1.29, 1.82) is 0 Å². The molecule has 2 amide bonds. The summed E-state index contributed by atoms with van der Waals surface area (Å²) in [6, 6.07) is 5.34. The van der Waals surface area contributed by atoms with Gasteiger partial charge in [0.15, 0.2) is 0 Å². The molecule has 0 saturated carbocycles. The van der Waals surface area contributed by atoms with Gasteiger partial charge in [-0.25, -0.2) is 0 Å². The van der Waals surface area contributed by atoms with Crippen LogP contribution in [0.15, 0.2) is 24.3 Å². The van der Waals surface area contributed by atoms with Crippen LogP contribution in [0.5, 0.6) is 0 Å². The Hall–Kier alpha value is -2.48. The largest absolute Gasteiger partial charge is 0.381 e. The molecule has 1 atom stereocenters. The molecule has 18 heavy (non-hydrogen) atoms. The van der Waals surface area contributed by atoms with Crippen molar-refractivity contribution >= 4 is 17.5 Å². The predicted molar refractivity (Wildman–Crippen MR) is 60.6 cm³/mol. The highest BCUT2D eigenvalue weighted by Crippen LogP contribution is 2.17. The third-order valence-electron chi connectivity index (χ3n) is 2.13. The first-order chi connectivity index (χ1) is 8.43. The number of nitro benzene ring substituents is 1. The number of rotatable bonds is 5. The van der Waals surface area contributed by atoms with E-state index in [1.807, 2.05) is 0 Å². The molecular formula is C10H11N3O5. The van der Waals surface area contributed by atoms with Crippen LogP contribution in [0.4, 0.5) is 5.69 Å². The Balaban J connectivity index is 2.79. The van der Waals surface area contributed by atoms with Gasteiger partial charge in [0.25, 0.3) is 11.6 Å². The molecule has 0 radical (unpaired) electrons. The zero-order valence-corrected chi connectivity index (χ0v) is 9.20. The van der Waals surface area contributed by atoms with Crippen molar-refractivity contribution in [1.82, 2.24) is 5.32 Å². The quantitative estimate of drug-likeness (QED) is 0.465. The predicted octanol–water partition coefficient (Wildman–Crippen LogP) is -0.829. The van der Waals surface area contributed by atoms with Crippen molar-refractivity contribution in [3.63, 3.8) is 0 Å². The lowest BCUT2D eigenvalue weighted by Crippen LogP contribution is -2.40. The molecule has 8 nitrogen and oxygen atoms in total. The number of benzene rings is 1. The molecule has 0 aliphatic carbocycles. The van der Waals surface area contributed by atoms with E-state index in [1.165, 1.54) is 24.3 Å². The number of nitrogens with zero attached hydrogens (tertiary/aromatic N) is 1. The second-order valence-electron chi connectivity index (χ2n) is 3.40. The number of carbonyl (C=O) groups excluding carboxylic acids is 2. The van der Waals surface area contributed by atoms with Crippen LogP contribution < -0.4 is 11.1 Å². The number of amides is 2. The van der Waals surface area contributed by atoms with E-state index in [2.05, 4.69) is 5.32 Å². The van der Waals surface area contributed by atoms with Gasteiger partial charge in [-0.3, -0.25) is 19.7 Å². The first-order valence-corrected chi connectivity index (χ1v) is 4.92. The Morgan fingerprint density at radius 3 is 2.61 bits per heavy atom. The van der Waals surface area contributed by atoms with Gasteiger partial charge in [0.2, 0.25) is 5.91 Å². The van der Waals surface area contributed by atoms with E-state index in [0.29, 0.717) is 0 Å². The summed E-state index contributed by atoms with van der Waals surface area (Å²) in [5.74, 6) is -1.75. The highest BCUT2D eigenvalue weighted by Gasteiger charge is 2.20. The van der Waals surface area contributed by atoms with E-state index in [4.69, 9.17) is 10.8 Å². The number of primary amides is 1. The first-order valence-electron chi connectivity index (χ1n) is 4.92. The lowest BCUT2D eigenvalue weighted by molar-refractivity contribution is -0.385. The fourth-order valence-corrected chi connectivity index (χ4v) is 1.21. The van der Waals surface area contributed by atoms with Gasteiger partial charge in [0.1, 0.15) is 11.7 Å². The molecule has 1 rings (SSSR count). The van der Waals surface area contributed by atoms with Crippen LogP contribution in [0.3, 0.4) is 0 Å². The Labute approximate surface area is 102 Å². The van der Waals surface area contributed by atoms with E-state index < -0.39 is 29.4 Å². The summed E-state index contributed by atoms with van der Waals surface area (Å²) in [7, 11) is 0. The number of hydrogen-bond donors (Lipinski definition) is 3. The van der Waals surface area contributed by atoms with Gasteiger partial charge >= 0.3 is 0 Å². The maximum atomic E-state index is 11.6. The molecule has 1 aromatic carbocycles. The number of hydrogen-bond acceptors (Lipinski definition) is 5. The summed E-state index contributed by atoms with van der Waals surface area (Å²) in [4.78, 5) is 32.1. The molecule has 0 bridgehead atoms. The summed E-state index contributed by atoms with van der Waals surface area (Å²) in [5.41, 5.74) is 4.28. The van der Waals surface area contributed by atoms with Gasteiger partial charge in [-0.05, 0) is 6.07 Å². The number of aliphatic hydroxyl groups excluding tert-OH is 1. The average Bonchev–Trinajstić information content (AvgIpc) is 2.35. The molecule has 0 aromatic heterocycles. The minimum atomic E-state index is -1.53. The van der Waals surface area contributed by atoms with Gasteiger partial charge in [0.05, 0.1) is 11.5 Å². The van der Waals surface area contributed by atoms with Crippen molar-refractivity contribution in [3.8, 4) is 0 Å². The van der Waals surface area contributed by atoms with Crippen LogP contribution in [-0.2, 0) is 4.79 Å². The summed E-state index contributed by atoms with van der Waals surface area (Å²) in [5, 5.41) is 21.9. The highest BCUT2D eigenvalue weighted by molar-refractivity contribution is 5.98. The standard InChI is InChI=1S/C10H11N3O5/c11-9(15)8(14)5-12-10(16)6-3-1-2-4-7(6)13(17)18/h1-4,8,14H,5H2,(H2,11,15)(H,12,16). The van der Waals surface area contributed by atoms with Crippen LogP contribution in [0, 0.1) is 10.1 Å². The second-order valence-corrected chi connectivity index (χ2v) is 3.40. The fourth-order valence-electron chi connectivity index (χ4n) is 1.21. The molecule has 0 fully saturated rings. The van der Waals surface area contributed by atoms with Crippen LogP contribution in [0.1, 0.15) is 10.4 Å². The molecular weight excluding hydrogens is 242 g/mol. The lowest BCUT2D eigenvalue weighted by atomic mass is 10.1. The van der Waals surface area contributed by atoms with E-state index in [1.54, 1.807) is 0 Å². The number of aliphatic hydroxyl groups is 1. The molecule has 1 aromatic rings. The van der Waals surface area contributed by atoms with Gasteiger partial charge in [0, 0.05) is 6.07 Å². The number of para-hydroxylation sites is 1. The van der Waals surface area contributed by atoms with Crippen molar-refractivity contribution in [3.05, 3.63) is 39.9 Å². The van der Waals surface area contributed by atoms with Crippen LogP contribution >= 0.6 is 0 Å². The third kappa shape index (κ3) is 3.25. The van der Waals surface area contributed by atoms with Gasteiger partial charge < -0.3 is 16.2 Å². The molecule has 96 valence electrons. The topological polar surface area (TPSA) is 136 Å². The second kappa shape index (κ2) is 5.73. The maximum absolute atomic E-state index is 11.6. The summed E-state index contributed by atoms with van der Waals surface area (Å²) >= 11 is 0. The Bertz CT molecular complexity index is 488. The Morgan fingerprint density at radius 1 is 1.44 bits per heavy atom. The molecule has 0 heterocycles. The van der Waals surface area contributed by atoms with E-state index >= 15 is 0 Å². The minimum absolute atomic E-state index is 0.154. The van der Waals surface area contributed by atoms with Gasteiger partial charge in [-0.2, -0.15) is 0 Å². The highest BCUT2D eigenvalue weighted by atomic mass is 16.6. The Kier molecular flexibility index (Phi) is 4.33. The van der Waals surface area contributed by atoms with Crippen molar-refractivity contribution in [2.75, 3.05) is 6.54 Å². The summed E-state index contributed by atoms with van der Waals surface area (Å²) in [6.07, 6.45) is -1.53. The zero-order valence-electron chi connectivity index (χ0n) is 9.20. The molecule has 0 aliphatic heterocycles. The van der Waals surface area contributed by atoms with Gasteiger partial charge in [-0.15, -0.1) is 0 Å². The van der Waals surface area contributed by atoms with Crippen LogP contribution in [0.2, 0.25) is 0 Å². The number of nitrogens with two attached hydrogens (primary N) is 1. The van der Waals surface area contributed by atoms with E-state index in [0.717, 1.165) is 0 Å². The smallest absolute Gasteiger partial charge is 0.282 e. The van der Waals surface area contributed by atoms with Crippen molar-refractivity contribution < 1.29 is 19.6 Å². The maximum Gasteiger partial charge on any atom is 0.282 e. The number of nitrogens with one attached hydrogen (secondary N) is 1. The van der Waals surface area contributed by atoms with Crippen molar-refractivity contribution in [2.45, 2.75) is 6.10 Å². The zero-order chi connectivity index (χ0) is 13.7. The summed E-state index contributed by atoms with van der Waals surface area (Å²) < 4.78 is 0. The monoisotopic (exact) mass is 253 g/mol. The SMILES string of the molecule is NC(=O)C(O)CNC(=O)c1ccccc1[N+](=O)[O-]. The lowest BCUT2D eigenvalue weighted by Gasteiger charge is -2.08. The van der Waals surface area contributed by atoms with Crippen molar-refractivity contribution in [2.24, 2.45) is 5.73 Å². The fraction of sp³-hybridized carbons (Fsp3) is 0.200. The Morgan fingerprint density at radius 2 is 2.06 bits per heavy atom. The molecule has 0 spiro atoms. The van der Waals surface area contributed by atoms with Crippen LogP contribution in [-0.4, -0.2) is 34.5 Å². The first kappa shape index (κ1) is 13.6. The normalized spacial score (nSPS) is 11.6.